The van der Waals surface area contributed by atoms with E-state index >= 15 is 0 Å². The van der Waals surface area contributed by atoms with Gasteiger partial charge in [0.1, 0.15) is 0 Å². The minimum absolute atomic E-state index is 0.0732. The monoisotopic (exact) mass is 340 g/mol. The van der Waals surface area contributed by atoms with Crippen LogP contribution in [0.5, 0.6) is 0 Å². The van der Waals surface area contributed by atoms with E-state index in [1.807, 2.05) is 6.92 Å². The van der Waals surface area contributed by atoms with Crippen LogP contribution in [0.4, 0.5) is 0 Å². The van der Waals surface area contributed by atoms with Gasteiger partial charge in [-0.3, -0.25) is 4.79 Å². The molecule has 1 saturated heterocycles. The van der Waals surface area contributed by atoms with Crippen molar-refractivity contribution in [3.05, 3.63) is 29.8 Å². The molecule has 1 fully saturated rings. The zero-order chi connectivity index (χ0) is 16.9. The van der Waals surface area contributed by atoms with Crippen molar-refractivity contribution in [3.8, 4) is 0 Å². The average Bonchev–Trinajstić information content (AvgIpc) is 2.56. The lowest BCUT2D eigenvalue weighted by Crippen LogP contribution is -2.39. The molecule has 0 saturated carbocycles. The van der Waals surface area contributed by atoms with Crippen molar-refractivity contribution in [3.63, 3.8) is 0 Å². The summed E-state index contributed by atoms with van der Waals surface area (Å²) in [6, 6.07) is 6.17. The summed E-state index contributed by atoms with van der Waals surface area (Å²) in [5.74, 6) is -0.397. The molecule has 0 aliphatic carbocycles. The zero-order valence-electron chi connectivity index (χ0n) is 13.6. The molecule has 1 aromatic rings. The fourth-order valence-electron chi connectivity index (χ4n) is 2.72. The number of rotatable bonds is 6. The van der Waals surface area contributed by atoms with Crippen molar-refractivity contribution in [2.75, 3.05) is 26.8 Å². The third-order valence-electron chi connectivity index (χ3n) is 3.86. The van der Waals surface area contributed by atoms with Gasteiger partial charge < -0.3 is 10.1 Å². The van der Waals surface area contributed by atoms with E-state index in [-0.39, 0.29) is 16.5 Å². The molecule has 1 amide bonds. The van der Waals surface area contributed by atoms with Gasteiger partial charge in [-0.1, -0.05) is 18.6 Å². The van der Waals surface area contributed by atoms with Gasteiger partial charge in [0.2, 0.25) is 10.0 Å². The second kappa shape index (κ2) is 7.90. The van der Waals surface area contributed by atoms with Gasteiger partial charge in [0.15, 0.2) is 0 Å². The van der Waals surface area contributed by atoms with Crippen molar-refractivity contribution in [2.24, 2.45) is 0 Å². The summed E-state index contributed by atoms with van der Waals surface area (Å²) in [6.07, 6.45) is 2.76. The Morgan fingerprint density at radius 1 is 1.26 bits per heavy atom. The molecule has 2 rings (SSSR count). The fraction of sp³-hybridized carbons (Fsp3) is 0.562. The van der Waals surface area contributed by atoms with Crippen LogP contribution in [0.1, 0.15) is 36.5 Å². The van der Waals surface area contributed by atoms with Gasteiger partial charge in [-0.2, -0.15) is 4.31 Å². The molecule has 1 heterocycles. The number of carbonyl (C=O) groups excluding carboxylic acids is 1. The third-order valence-corrected chi connectivity index (χ3v) is 5.82. The quantitative estimate of drug-likeness (QED) is 0.854. The molecular weight excluding hydrogens is 316 g/mol. The van der Waals surface area contributed by atoms with Gasteiger partial charge in [0.05, 0.1) is 17.1 Å². The molecule has 1 unspecified atom stereocenters. The maximum absolute atomic E-state index is 12.8. The Morgan fingerprint density at radius 3 is 2.57 bits per heavy atom. The van der Waals surface area contributed by atoms with Gasteiger partial charge in [0, 0.05) is 26.2 Å². The first-order chi connectivity index (χ1) is 11.0. The second-order valence-electron chi connectivity index (χ2n) is 5.79. The first-order valence-electron chi connectivity index (χ1n) is 7.86. The van der Waals surface area contributed by atoms with E-state index < -0.39 is 15.9 Å². The van der Waals surface area contributed by atoms with E-state index in [1.54, 1.807) is 25.3 Å². The van der Waals surface area contributed by atoms with Gasteiger partial charge >= 0.3 is 0 Å². The number of sulfonamides is 1. The highest BCUT2D eigenvalue weighted by Crippen LogP contribution is 2.23. The maximum atomic E-state index is 12.8. The number of ether oxygens (including phenoxy) is 1. The SMILES string of the molecule is COCC(C)NC(=O)c1ccccc1S(=O)(=O)N1CCCCC1. The Balaban J connectivity index is 2.27. The number of hydrogen-bond donors (Lipinski definition) is 1. The Bertz CT molecular complexity index is 639. The molecule has 1 atom stereocenters. The number of carbonyl (C=O) groups is 1. The highest BCUT2D eigenvalue weighted by atomic mass is 32.2. The van der Waals surface area contributed by atoms with Crippen molar-refractivity contribution in [2.45, 2.75) is 37.1 Å². The molecule has 7 heteroatoms. The number of piperidine rings is 1. The number of hydrogen-bond acceptors (Lipinski definition) is 4. The number of nitrogens with one attached hydrogen (secondary N) is 1. The highest BCUT2D eigenvalue weighted by Gasteiger charge is 2.29. The molecular formula is C16H24N2O4S. The lowest BCUT2D eigenvalue weighted by molar-refractivity contribution is 0.0902. The summed E-state index contributed by atoms with van der Waals surface area (Å²) in [6.45, 7) is 3.20. The molecule has 128 valence electrons. The van der Waals surface area contributed by atoms with Crippen LogP contribution in [0.2, 0.25) is 0 Å². The van der Waals surface area contributed by atoms with Crippen molar-refractivity contribution >= 4 is 15.9 Å². The van der Waals surface area contributed by atoms with Crippen LogP contribution in [-0.2, 0) is 14.8 Å². The van der Waals surface area contributed by atoms with E-state index in [0.717, 1.165) is 19.3 Å². The van der Waals surface area contributed by atoms with E-state index in [9.17, 15) is 13.2 Å². The van der Waals surface area contributed by atoms with E-state index in [0.29, 0.717) is 19.7 Å². The Labute approximate surface area is 137 Å². The molecule has 0 bridgehead atoms. The molecule has 0 radical (unpaired) electrons. The first-order valence-corrected chi connectivity index (χ1v) is 9.30. The molecule has 0 spiro atoms. The smallest absolute Gasteiger partial charge is 0.252 e. The third kappa shape index (κ3) is 4.31. The molecule has 1 aliphatic rings. The molecule has 1 aromatic carbocycles. The summed E-state index contributed by atoms with van der Waals surface area (Å²) in [7, 11) is -2.09. The number of benzene rings is 1. The molecule has 23 heavy (non-hydrogen) atoms. The van der Waals surface area contributed by atoms with Crippen molar-refractivity contribution in [1.82, 2.24) is 9.62 Å². The summed E-state index contributed by atoms with van der Waals surface area (Å²) < 4.78 is 32.2. The summed E-state index contributed by atoms with van der Waals surface area (Å²) >= 11 is 0. The maximum Gasteiger partial charge on any atom is 0.252 e. The van der Waals surface area contributed by atoms with Gasteiger partial charge in [-0.25, -0.2) is 8.42 Å². The lowest BCUT2D eigenvalue weighted by Gasteiger charge is -2.26. The minimum atomic E-state index is -3.64. The van der Waals surface area contributed by atoms with Crippen LogP contribution in [0.15, 0.2) is 29.2 Å². The first kappa shape index (κ1) is 17.9. The van der Waals surface area contributed by atoms with Crippen LogP contribution in [0.25, 0.3) is 0 Å². The van der Waals surface area contributed by atoms with Gasteiger partial charge in [0.25, 0.3) is 5.91 Å². The van der Waals surface area contributed by atoms with Crippen LogP contribution in [0.3, 0.4) is 0 Å². The minimum Gasteiger partial charge on any atom is -0.383 e. The van der Waals surface area contributed by atoms with Crippen molar-refractivity contribution < 1.29 is 17.9 Å². The molecule has 1 N–H and O–H groups in total. The molecule has 1 aliphatic heterocycles. The molecule has 6 nitrogen and oxygen atoms in total. The average molecular weight is 340 g/mol. The Kier molecular flexibility index (Phi) is 6.15. The summed E-state index contributed by atoms with van der Waals surface area (Å²) in [5, 5.41) is 2.77. The second-order valence-corrected chi connectivity index (χ2v) is 7.70. The van der Waals surface area contributed by atoms with Crippen LogP contribution in [0, 0.1) is 0 Å². The van der Waals surface area contributed by atoms with E-state index in [1.165, 1.54) is 10.4 Å². The van der Waals surface area contributed by atoms with Crippen LogP contribution < -0.4 is 5.32 Å². The predicted octanol–water partition coefficient (Wildman–Crippen LogP) is 1.63. The van der Waals surface area contributed by atoms with Crippen LogP contribution >= 0.6 is 0 Å². The normalized spacial score (nSPS) is 17.7. The predicted molar refractivity (Wildman–Crippen MR) is 87.9 cm³/mol. The van der Waals surface area contributed by atoms with E-state index in [2.05, 4.69) is 5.32 Å². The Hall–Kier alpha value is -1.44. The number of methoxy groups -OCH3 is 1. The summed E-state index contributed by atoms with van der Waals surface area (Å²) in [5.41, 5.74) is 0.182. The standard InChI is InChI=1S/C16H24N2O4S/c1-13(12-22-2)17-16(19)14-8-4-5-9-15(14)23(20,21)18-10-6-3-7-11-18/h4-5,8-9,13H,3,6-7,10-12H2,1-2H3,(H,17,19). The highest BCUT2D eigenvalue weighted by molar-refractivity contribution is 7.89. The van der Waals surface area contributed by atoms with E-state index in [4.69, 9.17) is 4.74 Å². The lowest BCUT2D eigenvalue weighted by atomic mass is 10.2. The number of nitrogens with zero attached hydrogens (tertiary/aromatic N) is 1. The topological polar surface area (TPSA) is 75.7 Å². The van der Waals surface area contributed by atoms with Crippen LogP contribution in [-0.4, -0.2) is 51.5 Å². The zero-order valence-corrected chi connectivity index (χ0v) is 14.4. The fourth-order valence-corrected chi connectivity index (χ4v) is 4.42. The summed E-state index contributed by atoms with van der Waals surface area (Å²) in [4.78, 5) is 12.5. The van der Waals surface area contributed by atoms with Crippen molar-refractivity contribution in [1.29, 1.82) is 0 Å². The van der Waals surface area contributed by atoms with Gasteiger partial charge in [-0.05, 0) is 31.9 Å². The largest absolute Gasteiger partial charge is 0.383 e. The Morgan fingerprint density at radius 2 is 1.91 bits per heavy atom. The molecule has 0 aromatic heterocycles. The van der Waals surface area contributed by atoms with Gasteiger partial charge in [-0.15, -0.1) is 0 Å². The number of amides is 1.